The average Bonchev–Trinajstić information content (AvgIpc) is 2.97. The number of nitrogens with one attached hydrogen (secondary N) is 2. The molecule has 2 N–H and O–H groups in total. The zero-order valence-corrected chi connectivity index (χ0v) is 13.7. The Bertz CT molecular complexity index is 786. The Morgan fingerprint density at radius 3 is 2.52 bits per heavy atom. The molecule has 0 atom stereocenters. The van der Waals surface area contributed by atoms with E-state index in [4.69, 9.17) is 23.8 Å². The number of hydrogen-bond donors (Lipinski definition) is 2. The highest BCUT2D eigenvalue weighted by molar-refractivity contribution is 7.80. The molecule has 0 aliphatic heterocycles. The van der Waals surface area contributed by atoms with Crippen LogP contribution < -0.4 is 10.6 Å². The first kappa shape index (κ1) is 15.5. The Balaban J connectivity index is 1.58. The number of aromatic nitrogens is 3. The summed E-state index contributed by atoms with van der Waals surface area (Å²) < 4.78 is 1.73. The zero-order chi connectivity index (χ0) is 16.1. The Hall–Kier alpha value is -2.44. The second-order valence-corrected chi connectivity index (χ2v) is 5.68. The van der Waals surface area contributed by atoms with E-state index in [2.05, 4.69) is 20.7 Å². The Morgan fingerprint density at radius 2 is 1.78 bits per heavy atom. The van der Waals surface area contributed by atoms with Gasteiger partial charge < -0.3 is 5.32 Å². The molecule has 0 amide bonds. The number of thiocarbonyl (C=S) groups is 1. The minimum absolute atomic E-state index is 0.445. The summed E-state index contributed by atoms with van der Waals surface area (Å²) >= 11 is 11.1. The van der Waals surface area contributed by atoms with Gasteiger partial charge in [0, 0.05) is 10.7 Å². The van der Waals surface area contributed by atoms with Crippen LogP contribution in [0.4, 0.5) is 11.6 Å². The van der Waals surface area contributed by atoms with E-state index in [0.717, 1.165) is 11.3 Å². The van der Waals surface area contributed by atoms with Gasteiger partial charge in [-0.05, 0) is 42.0 Å². The Morgan fingerprint density at radius 1 is 1.04 bits per heavy atom. The lowest BCUT2D eigenvalue weighted by atomic mass is 10.2. The first-order valence-corrected chi connectivity index (χ1v) is 7.74. The maximum absolute atomic E-state index is 5.88. The molecule has 0 radical (unpaired) electrons. The first-order valence-electron chi connectivity index (χ1n) is 6.96. The third-order valence-electron chi connectivity index (χ3n) is 3.05. The van der Waals surface area contributed by atoms with E-state index in [0.29, 0.717) is 22.6 Å². The summed E-state index contributed by atoms with van der Waals surface area (Å²) in [5.74, 6) is 0.451. The third kappa shape index (κ3) is 4.51. The summed E-state index contributed by atoms with van der Waals surface area (Å²) in [5, 5.41) is 11.5. The molecule has 0 unspecified atom stereocenters. The van der Waals surface area contributed by atoms with E-state index in [9.17, 15) is 0 Å². The van der Waals surface area contributed by atoms with E-state index in [1.807, 2.05) is 54.6 Å². The standard InChI is InChI=1S/C16H14ClN5S/c17-13-8-6-12(7-9-13)10-22-11-18-15(21-22)20-16(23)19-14-4-2-1-3-5-14/h1-9,11H,10H2,(H2,19,20,21,23). The molecule has 116 valence electrons. The zero-order valence-electron chi connectivity index (χ0n) is 12.1. The second kappa shape index (κ2) is 7.21. The summed E-state index contributed by atoms with van der Waals surface area (Å²) in [4.78, 5) is 4.20. The van der Waals surface area contributed by atoms with Crippen molar-refractivity contribution >= 4 is 40.6 Å². The highest BCUT2D eigenvalue weighted by Crippen LogP contribution is 2.11. The molecule has 0 saturated heterocycles. The van der Waals surface area contributed by atoms with Crippen molar-refractivity contribution in [2.45, 2.75) is 6.54 Å². The molecule has 23 heavy (non-hydrogen) atoms. The van der Waals surface area contributed by atoms with E-state index in [1.54, 1.807) is 11.0 Å². The molecular formula is C16H14ClN5S. The number of benzene rings is 2. The van der Waals surface area contributed by atoms with E-state index in [1.165, 1.54) is 0 Å². The van der Waals surface area contributed by atoms with E-state index in [-0.39, 0.29) is 0 Å². The predicted molar refractivity (Wildman–Crippen MR) is 96.9 cm³/mol. The lowest BCUT2D eigenvalue weighted by molar-refractivity contribution is 0.687. The van der Waals surface area contributed by atoms with Gasteiger partial charge in [0.1, 0.15) is 6.33 Å². The summed E-state index contributed by atoms with van der Waals surface area (Å²) in [7, 11) is 0. The van der Waals surface area contributed by atoms with Gasteiger partial charge in [-0.3, -0.25) is 5.32 Å². The van der Waals surface area contributed by atoms with Crippen LogP contribution in [0, 0.1) is 0 Å². The largest absolute Gasteiger partial charge is 0.332 e. The SMILES string of the molecule is S=C(Nc1ccccc1)Nc1ncn(Cc2ccc(Cl)cc2)n1. The monoisotopic (exact) mass is 343 g/mol. The van der Waals surface area contributed by atoms with Crippen molar-refractivity contribution in [2.24, 2.45) is 0 Å². The van der Waals surface area contributed by atoms with Crippen LogP contribution in [0.5, 0.6) is 0 Å². The molecule has 3 rings (SSSR count). The molecule has 0 aliphatic carbocycles. The lowest BCUT2D eigenvalue weighted by Crippen LogP contribution is -2.20. The number of rotatable bonds is 4. The maximum Gasteiger partial charge on any atom is 0.248 e. The van der Waals surface area contributed by atoms with Crippen LogP contribution in [0.3, 0.4) is 0 Å². The van der Waals surface area contributed by atoms with Crippen LogP contribution in [-0.2, 0) is 6.54 Å². The number of hydrogen-bond acceptors (Lipinski definition) is 3. The van der Waals surface area contributed by atoms with Crippen molar-refractivity contribution in [2.75, 3.05) is 10.6 Å². The average molecular weight is 344 g/mol. The topological polar surface area (TPSA) is 54.8 Å². The number of nitrogens with zero attached hydrogens (tertiary/aromatic N) is 3. The molecule has 5 nitrogen and oxygen atoms in total. The van der Waals surface area contributed by atoms with Gasteiger partial charge in [0.05, 0.1) is 6.54 Å². The summed E-state index contributed by atoms with van der Waals surface area (Å²) in [5.41, 5.74) is 2.00. The van der Waals surface area contributed by atoms with Gasteiger partial charge in [-0.15, -0.1) is 5.10 Å². The lowest BCUT2D eigenvalue weighted by Gasteiger charge is -2.07. The molecule has 0 spiro atoms. The molecule has 0 aliphatic rings. The van der Waals surface area contributed by atoms with Crippen molar-refractivity contribution in [3.05, 3.63) is 71.5 Å². The van der Waals surface area contributed by atoms with Crippen molar-refractivity contribution < 1.29 is 0 Å². The molecule has 1 aromatic heterocycles. The highest BCUT2D eigenvalue weighted by Gasteiger charge is 2.04. The fourth-order valence-electron chi connectivity index (χ4n) is 1.99. The van der Waals surface area contributed by atoms with Crippen LogP contribution in [0.15, 0.2) is 60.9 Å². The summed E-state index contributed by atoms with van der Waals surface area (Å²) in [6.07, 6.45) is 1.65. The number of anilines is 2. The molecule has 0 saturated carbocycles. The fraction of sp³-hybridized carbons (Fsp3) is 0.0625. The van der Waals surface area contributed by atoms with Gasteiger partial charge in [-0.2, -0.15) is 0 Å². The molecule has 7 heteroatoms. The van der Waals surface area contributed by atoms with Gasteiger partial charge >= 0.3 is 0 Å². The minimum atomic E-state index is 0.445. The quantitative estimate of drug-likeness (QED) is 0.706. The number of halogens is 1. The van der Waals surface area contributed by atoms with Gasteiger partial charge in [-0.1, -0.05) is 41.9 Å². The minimum Gasteiger partial charge on any atom is -0.332 e. The molecule has 2 aromatic carbocycles. The van der Waals surface area contributed by atoms with Crippen molar-refractivity contribution in [3.8, 4) is 0 Å². The van der Waals surface area contributed by atoms with Crippen LogP contribution in [0.2, 0.25) is 5.02 Å². The number of para-hydroxylation sites is 1. The van der Waals surface area contributed by atoms with Gasteiger partial charge in [0.25, 0.3) is 0 Å². The molecule has 3 aromatic rings. The normalized spacial score (nSPS) is 10.3. The van der Waals surface area contributed by atoms with Crippen LogP contribution >= 0.6 is 23.8 Å². The van der Waals surface area contributed by atoms with Crippen molar-refractivity contribution in [1.29, 1.82) is 0 Å². The maximum atomic E-state index is 5.88. The predicted octanol–water partition coefficient (Wildman–Crippen LogP) is 3.79. The fourth-order valence-corrected chi connectivity index (χ4v) is 2.33. The Labute approximate surface area is 144 Å². The smallest absolute Gasteiger partial charge is 0.248 e. The molecular weight excluding hydrogens is 330 g/mol. The van der Waals surface area contributed by atoms with Gasteiger partial charge in [0.15, 0.2) is 5.11 Å². The van der Waals surface area contributed by atoms with Gasteiger partial charge in [0.2, 0.25) is 5.95 Å². The second-order valence-electron chi connectivity index (χ2n) is 4.84. The van der Waals surface area contributed by atoms with Crippen LogP contribution in [-0.4, -0.2) is 19.9 Å². The van der Waals surface area contributed by atoms with Crippen LogP contribution in [0.25, 0.3) is 0 Å². The molecule has 0 bridgehead atoms. The van der Waals surface area contributed by atoms with E-state index < -0.39 is 0 Å². The Kier molecular flexibility index (Phi) is 4.85. The van der Waals surface area contributed by atoms with E-state index >= 15 is 0 Å². The van der Waals surface area contributed by atoms with Crippen molar-refractivity contribution in [1.82, 2.24) is 14.8 Å². The first-order chi connectivity index (χ1) is 11.2. The summed E-state index contributed by atoms with van der Waals surface area (Å²) in [6.45, 7) is 0.616. The van der Waals surface area contributed by atoms with Crippen molar-refractivity contribution in [3.63, 3.8) is 0 Å². The summed E-state index contributed by atoms with van der Waals surface area (Å²) in [6, 6.07) is 17.3. The third-order valence-corrected chi connectivity index (χ3v) is 3.51. The molecule has 0 fully saturated rings. The van der Waals surface area contributed by atoms with Gasteiger partial charge in [-0.25, -0.2) is 9.67 Å². The highest BCUT2D eigenvalue weighted by atomic mass is 35.5. The molecule has 1 heterocycles. The van der Waals surface area contributed by atoms with Crippen LogP contribution in [0.1, 0.15) is 5.56 Å².